The van der Waals surface area contributed by atoms with Crippen LogP contribution in [-0.4, -0.2) is 41.5 Å². The summed E-state index contributed by atoms with van der Waals surface area (Å²) in [6.45, 7) is 9.77. The number of para-hydroxylation sites is 1. The van der Waals surface area contributed by atoms with Gasteiger partial charge in [-0.15, -0.1) is 0 Å². The second-order valence-corrected chi connectivity index (χ2v) is 9.78. The van der Waals surface area contributed by atoms with Crippen LogP contribution in [0.15, 0.2) is 48.5 Å². The summed E-state index contributed by atoms with van der Waals surface area (Å²) >= 11 is 0. The molecule has 0 saturated carbocycles. The Kier molecular flexibility index (Phi) is 6.87. The minimum absolute atomic E-state index is 0.0718. The number of benzene rings is 2. The van der Waals surface area contributed by atoms with Gasteiger partial charge < -0.3 is 15.1 Å². The van der Waals surface area contributed by atoms with Crippen LogP contribution in [0.3, 0.4) is 0 Å². The zero-order valence-electron chi connectivity index (χ0n) is 21.1. The molecule has 0 aliphatic carbocycles. The van der Waals surface area contributed by atoms with Crippen LogP contribution in [0.2, 0.25) is 0 Å². The maximum Gasteiger partial charge on any atom is 0.322 e. The monoisotopic (exact) mass is 457 g/mol. The van der Waals surface area contributed by atoms with Crippen LogP contribution in [0.25, 0.3) is 11.4 Å². The summed E-state index contributed by atoms with van der Waals surface area (Å²) in [6.07, 6.45) is 0.703. The molecule has 0 saturated heterocycles. The molecule has 178 valence electrons. The number of nitrogens with zero attached hydrogens (tertiary/aromatic N) is 4. The van der Waals surface area contributed by atoms with Crippen molar-refractivity contribution in [1.82, 2.24) is 14.9 Å². The van der Waals surface area contributed by atoms with Crippen LogP contribution in [0.1, 0.15) is 61.9 Å². The van der Waals surface area contributed by atoms with Crippen LogP contribution in [0.5, 0.6) is 0 Å². The number of hydrogen-bond donors (Lipinski definition) is 1. The number of carbonyl (C=O) groups is 1. The molecule has 1 aromatic heterocycles. The van der Waals surface area contributed by atoms with E-state index < -0.39 is 0 Å². The number of rotatable bonds is 5. The van der Waals surface area contributed by atoms with E-state index in [9.17, 15) is 4.79 Å². The number of carbonyl (C=O) groups excluding carboxylic acids is 1. The van der Waals surface area contributed by atoms with Crippen molar-refractivity contribution < 1.29 is 4.79 Å². The normalized spacial score (nSPS) is 13.2. The van der Waals surface area contributed by atoms with Crippen molar-refractivity contribution in [3.63, 3.8) is 0 Å². The lowest BCUT2D eigenvalue weighted by molar-refractivity contribution is 0.206. The van der Waals surface area contributed by atoms with Gasteiger partial charge in [0.05, 0.1) is 12.2 Å². The Morgan fingerprint density at radius 3 is 2.18 bits per heavy atom. The molecule has 0 spiro atoms. The van der Waals surface area contributed by atoms with Crippen LogP contribution >= 0.6 is 0 Å². The highest BCUT2D eigenvalue weighted by atomic mass is 16.2. The fourth-order valence-electron chi connectivity index (χ4n) is 4.54. The molecule has 0 fully saturated rings. The first kappa shape index (κ1) is 23.7. The standard InChI is InChI=1S/C28H35N5O/c1-18(2)21-13-10-14-22(19(3)4)25(21)30-28(34)33-16-15-24-23(17-33)27(32(5)6)31-26(29-24)20-11-8-7-9-12-20/h7-14,18-19H,15-17H2,1-6H3,(H,30,34). The molecule has 3 aromatic rings. The first-order valence-corrected chi connectivity index (χ1v) is 12.1. The van der Waals surface area contributed by atoms with E-state index in [1.165, 1.54) is 11.1 Å². The highest BCUT2D eigenvalue weighted by Crippen LogP contribution is 2.34. The zero-order valence-corrected chi connectivity index (χ0v) is 21.1. The summed E-state index contributed by atoms with van der Waals surface area (Å²) in [7, 11) is 3.98. The van der Waals surface area contributed by atoms with Gasteiger partial charge in [0.1, 0.15) is 5.82 Å². The second-order valence-electron chi connectivity index (χ2n) is 9.78. The van der Waals surface area contributed by atoms with Crippen molar-refractivity contribution in [2.45, 2.75) is 52.5 Å². The average molecular weight is 458 g/mol. The quantitative estimate of drug-likeness (QED) is 0.507. The predicted molar refractivity (Wildman–Crippen MR) is 140 cm³/mol. The fourth-order valence-corrected chi connectivity index (χ4v) is 4.54. The summed E-state index contributed by atoms with van der Waals surface area (Å²) in [4.78, 5) is 27.1. The van der Waals surface area contributed by atoms with Crippen LogP contribution in [0, 0.1) is 0 Å². The molecule has 2 amide bonds. The van der Waals surface area contributed by atoms with Crippen molar-refractivity contribution in [2.24, 2.45) is 0 Å². The first-order valence-electron chi connectivity index (χ1n) is 12.1. The van der Waals surface area contributed by atoms with Gasteiger partial charge in [-0.2, -0.15) is 0 Å². The van der Waals surface area contributed by atoms with E-state index >= 15 is 0 Å². The maximum absolute atomic E-state index is 13.5. The van der Waals surface area contributed by atoms with E-state index in [4.69, 9.17) is 9.97 Å². The Hall–Kier alpha value is -3.41. The molecule has 0 bridgehead atoms. The summed E-state index contributed by atoms with van der Waals surface area (Å²) in [5.74, 6) is 2.24. The van der Waals surface area contributed by atoms with Crippen molar-refractivity contribution in [2.75, 3.05) is 30.9 Å². The lowest BCUT2D eigenvalue weighted by Crippen LogP contribution is -2.40. The molecule has 1 N–H and O–H groups in total. The van der Waals surface area contributed by atoms with Gasteiger partial charge in [0.2, 0.25) is 0 Å². The predicted octanol–water partition coefficient (Wildman–Crippen LogP) is 6.05. The second kappa shape index (κ2) is 9.84. The number of aromatic nitrogens is 2. The largest absolute Gasteiger partial charge is 0.362 e. The number of nitrogens with one attached hydrogen (secondary N) is 1. The number of fused-ring (bicyclic) bond motifs is 1. The molecule has 2 heterocycles. The molecule has 2 aromatic carbocycles. The molecule has 0 radical (unpaired) electrons. The van der Waals surface area contributed by atoms with Crippen molar-refractivity contribution in [3.05, 3.63) is 70.9 Å². The van der Waals surface area contributed by atoms with Crippen LogP contribution in [0.4, 0.5) is 16.3 Å². The van der Waals surface area contributed by atoms with E-state index in [0.717, 1.165) is 34.2 Å². The third-order valence-electron chi connectivity index (χ3n) is 6.39. The third-order valence-corrected chi connectivity index (χ3v) is 6.39. The Labute approximate surface area is 203 Å². The molecule has 4 rings (SSSR count). The highest BCUT2D eigenvalue weighted by Gasteiger charge is 2.27. The molecule has 6 nitrogen and oxygen atoms in total. The highest BCUT2D eigenvalue weighted by molar-refractivity contribution is 5.91. The van der Waals surface area contributed by atoms with E-state index in [0.29, 0.717) is 31.3 Å². The molecule has 0 atom stereocenters. The number of urea groups is 1. The van der Waals surface area contributed by atoms with Gasteiger partial charge in [0.25, 0.3) is 0 Å². The molecule has 34 heavy (non-hydrogen) atoms. The molecule has 1 aliphatic rings. The van der Waals surface area contributed by atoms with Crippen molar-refractivity contribution in [3.8, 4) is 11.4 Å². The molecule has 1 aliphatic heterocycles. The summed E-state index contributed by atoms with van der Waals surface area (Å²) in [5.41, 5.74) is 6.33. The summed E-state index contributed by atoms with van der Waals surface area (Å²) in [5, 5.41) is 3.26. The Morgan fingerprint density at radius 1 is 0.941 bits per heavy atom. The van der Waals surface area contributed by atoms with E-state index in [1.54, 1.807) is 0 Å². The first-order chi connectivity index (χ1) is 16.3. The van der Waals surface area contributed by atoms with Gasteiger partial charge in [0, 0.05) is 43.9 Å². The average Bonchev–Trinajstić information content (AvgIpc) is 2.83. The Balaban J connectivity index is 1.64. The van der Waals surface area contributed by atoms with E-state index in [1.807, 2.05) is 54.2 Å². The topological polar surface area (TPSA) is 61.4 Å². The van der Waals surface area contributed by atoms with Gasteiger partial charge in [-0.3, -0.25) is 0 Å². The lowest BCUT2D eigenvalue weighted by atomic mass is 9.92. The minimum Gasteiger partial charge on any atom is -0.362 e. The Bertz CT molecular complexity index is 1140. The van der Waals surface area contributed by atoms with Crippen LogP contribution < -0.4 is 10.2 Å². The van der Waals surface area contributed by atoms with Gasteiger partial charge in [-0.05, 0) is 23.0 Å². The number of amides is 2. The summed E-state index contributed by atoms with van der Waals surface area (Å²) in [6, 6.07) is 16.3. The lowest BCUT2D eigenvalue weighted by Gasteiger charge is -2.32. The molecule has 0 unspecified atom stereocenters. The Morgan fingerprint density at radius 2 is 1.59 bits per heavy atom. The van der Waals surface area contributed by atoms with E-state index in [-0.39, 0.29) is 6.03 Å². The zero-order chi connectivity index (χ0) is 24.4. The van der Waals surface area contributed by atoms with Gasteiger partial charge in [-0.25, -0.2) is 14.8 Å². The van der Waals surface area contributed by atoms with Crippen molar-refractivity contribution >= 4 is 17.5 Å². The fraction of sp³-hybridized carbons (Fsp3) is 0.393. The third kappa shape index (κ3) is 4.76. The van der Waals surface area contributed by atoms with Gasteiger partial charge in [-0.1, -0.05) is 76.2 Å². The molecular formula is C28H35N5O. The SMILES string of the molecule is CC(C)c1cccc(C(C)C)c1NC(=O)N1CCc2nc(-c3ccccc3)nc(N(C)C)c2C1. The smallest absolute Gasteiger partial charge is 0.322 e. The minimum atomic E-state index is -0.0718. The molecule has 6 heteroatoms. The summed E-state index contributed by atoms with van der Waals surface area (Å²) < 4.78 is 0. The number of anilines is 2. The van der Waals surface area contributed by atoms with Crippen LogP contribution in [-0.2, 0) is 13.0 Å². The van der Waals surface area contributed by atoms with E-state index in [2.05, 4.69) is 51.2 Å². The van der Waals surface area contributed by atoms with Gasteiger partial charge >= 0.3 is 6.03 Å². The maximum atomic E-state index is 13.5. The number of hydrogen-bond acceptors (Lipinski definition) is 4. The van der Waals surface area contributed by atoms with Crippen molar-refractivity contribution in [1.29, 1.82) is 0 Å². The molecular weight excluding hydrogens is 422 g/mol. The van der Waals surface area contributed by atoms with Gasteiger partial charge in [0.15, 0.2) is 5.82 Å².